The molecule has 2 atom stereocenters. The standard InChI is InChI=1S/C25H29N3O5/c1-15(2)20(27-21(29)17-11-7-6-8-12-17)23(31)33-16(3)22(30)28-19-14-10-9-13-18(19)26-24(32)25(28,4)5/h6-16,20H,1-5H3,(H,26,32)(H,27,29). The highest BCUT2D eigenvalue weighted by Gasteiger charge is 2.45. The van der Waals surface area contributed by atoms with Crippen LogP contribution in [0.15, 0.2) is 54.6 Å². The Morgan fingerprint density at radius 3 is 2.21 bits per heavy atom. The Balaban J connectivity index is 1.78. The quantitative estimate of drug-likeness (QED) is 0.657. The zero-order valence-electron chi connectivity index (χ0n) is 19.4. The lowest BCUT2D eigenvalue weighted by Crippen LogP contribution is -2.61. The molecule has 0 saturated carbocycles. The first-order valence-corrected chi connectivity index (χ1v) is 10.8. The monoisotopic (exact) mass is 451 g/mol. The molecule has 2 aromatic carbocycles. The topological polar surface area (TPSA) is 105 Å². The van der Waals surface area contributed by atoms with Crippen LogP contribution in [0.3, 0.4) is 0 Å². The van der Waals surface area contributed by atoms with Gasteiger partial charge in [0.25, 0.3) is 11.8 Å². The molecule has 0 fully saturated rings. The van der Waals surface area contributed by atoms with Crippen LogP contribution in [-0.2, 0) is 19.1 Å². The molecule has 2 N–H and O–H groups in total. The molecule has 33 heavy (non-hydrogen) atoms. The average molecular weight is 452 g/mol. The van der Waals surface area contributed by atoms with E-state index in [0.717, 1.165) is 0 Å². The van der Waals surface area contributed by atoms with Crippen LogP contribution in [0, 0.1) is 5.92 Å². The Kier molecular flexibility index (Phi) is 6.86. The summed E-state index contributed by atoms with van der Waals surface area (Å²) >= 11 is 0. The van der Waals surface area contributed by atoms with Crippen molar-refractivity contribution in [1.82, 2.24) is 5.32 Å². The minimum absolute atomic E-state index is 0.273. The number of esters is 1. The van der Waals surface area contributed by atoms with Crippen LogP contribution < -0.4 is 15.5 Å². The van der Waals surface area contributed by atoms with Gasteiger partial charge in [-0.3, -0.25) is 19.3 Å². The van der Waals surface area contributed by atoms with Gasteiger partial charge >= 0.3 is 5.97 Å². The molecular formula is C25H29N3O5. The molecule has 0 spiro atoms. The molecule has 2 unspecified atom stereocenters. The molecule has 0 bridgehead atoms. The van der Waals surface area contributed by atoms with Crippen molar-refractivity contribution >= 4 is 35.1 Å². The van der Waals surface area contributed by atoms with E-state index in [1.165, 1.54) is 11.8 Å². The summed E-state index contributed by atoms with van der Waals surface area (Å²) in [6.07, 6.45) is -1.18. The van der Waals surface area contributed by atoms with Crippen LogP contribution in [-0.4, -0.2) is 41.4 Å². The zero-order chi connectivity index (χ0) is 24.3. The van der Waals surface area contributed by atoms with Crippen molar-refractivity contribution in [2.45, 2.75) is 52.3 Å². The molecule has 2 aromatic rings. The maximum absolute atomic E-state index is 13.4. The Hall–Kier alpha value is -3.68. The smallest absolute Gasteiger partial charge is 0.329 e. The number of amides is 3. The third-order valence-corrected chi connectivity index (χ3v) is 5.61. The highest BCUT2D eigenvalue weighted by Crippen LogP contribution is 2.37. The third kappa shape index (κ3) is 4.89. The van der Waals surface area contributed by atoms with Gasteiger partial charge < -0.3 is 15.4 Å². The van der Waals surface area contributed by atoms with Gasteiger partial charge in [0.05, 0.1) is 11.4 Å². The molecule has 1 aliphatic rings. The molecule has 0 radical (unpaired) electrons. The van der Waals surface area contributed by atoms with Gasteiger partial charge in [-0.05, 0) is 51.0 Å². The zero-order valence-corrected chi connectivity index (χ0v) is 19.4. The van der Waals surface area contributed by atoms with E-state index in [2.05, 4.69) is 10.6 Å². The average Bonchev–Trinajstić information content (AvgIpc) is 2.77. The first-order chi connectivity index (χ1) is 15.5. The predicted octanol–water partition coefficient (Wildman–Crippen LogP) is 3.14. The first kappa shape index (κ1) is 24.0. The van der Waals surface area contributed by atoms with E-state index in [-0.39, 0.29) is 11.8 Å². The van der Waals surface area contributed by atoms with Crippen LogP contribution in [0.2, 0.25) is 0 Å². The van der Waals surface area contributed by atoms with E-state index in [1.807, 2.05) is 0 Å². The van der Waals surface area contributed by atoms with Crippen LogP contribution in [0.4, 0.5) is 11.4 Å². The summed E-state index contributed by atoms with van der Waals surface area (Å²) < 4.78 is 5.49. The fraction of sp³-hybridized carbons (Fsp3) is 0.360. The number of benzene rings is 2. The van der Waals surface area contributed by atoms with E-state index in [0.29, 0.717) is 16.9 Å². The molecule has 0 saturated heterocycles. The highest BCUT2D eigenvalue weighted by molar-refractivity contribution is 6.15. The summed E-state index contributed by atoms with van der Waals surface area (Å²) in [5, 5.41) is 5.49. The summed E-state index contributed by atoms with van der Waals surface area (Å²) in [6, 6.07) is 14.5. The number of nitrogens with zero attached hydrogens (tertiary/aromatic N) is 1. The molecule has 174 valence electrons. The van der Waals surface area contributed by atoms with Gasteiger partial charge in [0.1, 0.15) is 11.6 Å². The minimum atomic E-state index is -1.19. The molecule has 0 aliphatic carbocycles. The Bertz CT molecular complexity index is 1060. The molecular weight excluding hydrogens is 422 g/mol. The van der Waals surface area contributed by atoms with Gasteiger partial charge in [0.15, 0.2) is 6.10 Å². The van der Waals surface area contributed by atoms with Crippen molar-refractivity contribution in [2.75, 3.05) is 10.2 Å². The molecule has 8 nitrogen and oxygen atoms in total. The summed E-state index contributed by atoms with van der Waals surface area (Å²) in [5.41, 5.74) is 0.250. The van der Waals surface area contributed by atoms with Gasteiger partial charge in [-0.2, -0.15) is 0 Å². The van der Waals surface area contributed by atoms with E-state index < -0.39 is 35.5 Å². The fourth-order valence-corrected chi connectivity index (χ4v) is 3.64. The summed E-state index contributed by atoms with van der Waals surface area (Å²) in [7, 11) is 0. The Morgan fingerprint density at radius 2 is 1.58 bits per heavy atom. The number of carbonyl (C=O) groups excluding carboxylic acids is 4. The third-order valence-electron chi connectivity index (χ3n) is 5.61. The number of carbonyl (C=O) groups is 4. The van der Waals surface area contributed by atoms with Crippen LogP contribution in [0.25, 0.3) is 0 Å². The number of fused-ring (bicyclic) bond motifs is 1. The maximum Gasteiger partial charge on any atom is 0.329 e. The number of hydrogen-bond acceptors (Lipinski definition) is 5. The second kappa shape index (κ2) is 9.44. The molecule has 8 heteroatoms. The highest BCUT2D eigenvalue weighted by atomic mass is 16.5. The van der Waals surface area contributed by atoms with Gasteiger partial charge in [0.2, 0.25) is 5.91 Å². The largest absolute Gasteiger partial charge is 0.451 e. The maximum atomic E-state index is 13.4. The fourth-order valence-electron chi connectivity index (χ4n) is 3.64. The summed E-state index contributed by atoms with van der Waals surface area (Å²) in [5.74, 6) is -2.28. The second-order valence-corrected chi connectivity index (χ2v) is 8.84. The van der Waals surface area contributed by atoms with Crippen LogP contribution >= 0.6 is 0 Å². The molecule has 3 amide bonds. The normalized spacial score (nSPS) is 16.3. The number of para-hydroxylation sites is 2. The van der Waals surface area contributed by atoms with Crippen molar-refractivity contribution in [3.05, 3.63) is 60.2 Å². The van der Waals surface area contributed by atoms with E-state index in [4.69, 9.17) is 4.74 Å². The summed E-state index contributed by atoms with van der Waals surface area (Å²) in [6.45, 7) is 8.27. The van der Waals surface area contributed by atoms with Gasteiger partial charge in [0, 0.05) is 5.56 Å². The lowest BCUT2D eigenvalue weighted by Gasteiger charge is -2.42. The number of ether oxygens (including phenoxy) is 1. The molecule has 1 aliphatic heterocycles. The van der Waals surface area contributed by atoms with Crippen molar-refractivity contribution in [3.8, 4) is 0 Å². The number of nitrogens with one attached hydrogen (secondary N) is 2. The van der Waals surface area contributed by atoms with Crippen molar-refractivity contribution in [2.24, 2.45) is 5.92 Å². The van der Waals surface area contributed by atoms with Crippen LogP contribution in [0.1, 0.15) is 45.0 Å². The first-order valence-electron chi connectivity index (χ1n) is 10.8. The van der Waals surface area contributed by atoms with Gasteiger partial charge in [-0.25, -0.2) is 4.79 Å². The number of anilines is 2. The number of rotatable bonds is 6. The molecule has 1 heterocycles. The number of hydrogen-bond donors (Lipinski definition) is 2. The summed E-state index contributed by atoms with van der Waals surface area (Å²) in [4.78, 5) is 52.8. The van der Waals surface area contributed by atoms with Gasteiger partial charge in [-0.1, -0.05) is 44.2 Å². The molecule has 3 rings (SSSR count). The van der Waals surface area contributed by atoms with Crippen LogP contribution in [0.5, 0.6) is 0 Å². The van der Waals surface area contributed by atoms with E-state index in [9.17, 15) is 19.2 Å². The van der Waals surface area contributed by atoms with E-state index in [1.54, 1.807) is 82.3 Å². The van der Waals surface area contributed by atoms with Crippen molar-refractivity contribution in [3.63, 3.8) is 0 Å². The second-order valence-electron chi connectivity index (χ2n) is 8.84. The SMILES string of the molecule is CC(OC(=O)C(NC(=O)c1ccccc1)C(C)C)C(=O)N1c2ccccc2NC(=O)C1(C)C. The Labute approximate surface area is 193 Å². The minimum Gasteiger partial charge on any atom is -0.451 e. The van der Waals surface area contributed by atoms with E-state index >= 15 is 0 Å². The lowest BCUT2D eigenvalue weighted by atomic mass is 9.95. The Morgan fingerprint density at radius 1 is 0.970 bits per heavy atom. The predicted molar refractivity (Wildman–Crippen MR) is 125 cm³/mol. The lowest BCUT2D eigenvalue weighted by molar-refractivity contribution is -0.157. The van der Waals surface area contributed by atoms with Crippen molar-refractivity contribution < 1.29 is 23.9 Å². The molecule has 0 aromatic heterocycles. The van der Waals surface area contributed by atoms with Crippen molar-refractivity contribution in [1.29, 1.82) is 0 Å². The van der Waals surface area contributed by atoms with Gasteiger partial charge in [-0.15, -0.1) is 0 Å².